The predicted molar refractivity (Wildman–Crippen MR) is 73.0 cm³/mol. The Balaban J connectivity index is 1.93. The van der Waals surface area contributed by atoms with E-state index in [4.69, 9.17) is 28.0 Å². The normalized spacial score (nSPS) is 10.2. The smallest absolute Gasteiger partial charge is 0.269 e. The lowest BCUT2D eigenvalue weighted by atomic mass is 10.2. The number of amides is 1. The summed E-state index contributed by atoms with van der Waals surface area (Å²) in [5, 5.41) is 0.405. The number of pyridine rings is 1. The SMILES string of the molecule is O=C(NOCc1ccccc1)c1nc(Cl)ccc1Cl. The van der Waals surface area contributed by atoms with E-state index in [1.54, 1.807) is 0 Å². The summed E-state index contributed by atoms with van der Waals surface area (Å²) in [7, 11) is 0. The molecule has 4 nitrogen and oxygen atoms in total. The number of carbonyl (C=O) groups is 1. The Bertz CT molecular complexity index is 576. The number of rotatable bonds is 4. The fraction of sp³-hybridized carbons (Fsp3) is 0.0769. The lowest BCUT2D eigenvalue weighted by molar-refractivity contribution is 0.0229. The molecule has 0 unspecified atom stereocenters. The van der Waals surface area contributed by atoms with Gasteiger partial charge in [0.15, 0.2) is 5.69 Å². The van der Waals surface area contributed by atoms with E-state index >= 15 is 0 Å². The van der Waals surface area contributed by atoms with Gasteiger partial charge in [0.1, 0.15) is 5.15 Å². The van der Waals surface area contributed by atoms with Crippen LogP contribution in [0.4, 0.5) is 0 Å². The van der Waals surface area contributed by atoms with Crippen LogP contribution in [0.15, 0.2) is 42.5 Å². The highest BCUT2D eigenvalue weighted by atomic mass is 35.5. The Kier molecular flexibility index (Phi) is 4.74. The molecule has 2 rings (SSSR count). The molecule has 0 radical (unpaired) electrons. The number of hydrogen-bond acceptors (Lipinski definition) is 3. The van der Waals surface area contributed by atoms with Crippen LogP contribution in [0.1, 0.15) is 16.1 Å². The van der Waals surface area contributed by atoms with Gasteiger partial charge in [-0.25, -0.2) is 10.5 Å². The number of hydroxylamine groups is 1. The summed E-state index contributed by atoms with van der Waals surface area (Å²) in [6, 6.07) is 12.4. The third-order valence-electron chi connectivity index (χ3n) is 2.27. The van der Waals surface area contributed by atoms with E-state index in [-0.39, 0.29) is 22.5 Å². The Morgan fingerprint density at radius 2 is 1.89 bits per heavy atom. The first kappa shape index (κ1) is 13.8. The van der Waals surface area contributed by atoms with Crippen LogP contribution in [-0.2, 0) is 11.4 Å². The van der Waals surface area contributed by atoms with Crippen molar-refractivity contribution in [1.82, 2.24) is 10.5 Å². The van der Waals surface area contributed by atoms with E-state index in [1.165, 1.54) is 12.1 Å². The summed E-state index contributed by atoms with van der Waals surface area (Å²) in [6.45, 7) is 0.255. The average Bonchev–Trinajstić information content (AvgIpc) is 2.42. The molecule has 1 aromatic heterocycles. The zero-order valence-electron chi connectivity index (χ0n) is 9.77. The number of carbonyl (C=O) groups excluding carboxylic acids is 1. The molecule has 0 fully saturated rings. The fourth-order valence-corrected chi connectivity index (χ4v) is 1.72. The van der Waals surface area contributed by atoms with Crippen LogP contribution in [0.3, 0.4) is 0 Å². The Hall–Kier alpha value is -1.62. The van der Waals surface area contributed by atoms with Crippen LogP contribution in [0.2, 0.25) is 10.2 Å². The second-order valence-corrected chi connectivity index (χ2v) is 4.46. The first-order valence-electron chi connectivity index (χ1n) is 5.45. The molecule has 1 heterocycles. The summed E-state index contributed by atoms with van der Waals surface area (Å²) in [5.41, 5.74) is 3.24. The molecule has 1 aromatic carbocycles. The van der Waals surface area contributed by atoms with Crippen LogP contribution in [0.25, 0.3) is 0 Å². The van der Waals surface area contributed by atoms with Crippen molar-refractivity contribution in [2.75, 3.05) is 0 Å². The quantitative estimate of drug-likeness (QED) is 0.696. The minimum absolute atomic E-state index is 0.0298. The highest BCUT2D eigenvalue weighted by Gasteiger charge is 2.12. The minimum atomic E-state index is -0.538. The van der Waals surface area contributed by atoms with Gasteiger partial charge in [0.05, 0.1) is 11.6 Å². The minimum Gasteiger partial charge on any atom is -0.269 e. The Labute approximate surface area is 120 Å². The Morgan fingerprint density at radius 3 is 2.63 bits per heavy atom. The van der Waals surface area contributed by atoms with Gasteiger partial charge in [-0.2, -0.15) is 0 Å². The molecule has 0 spiro atoms. The van der Waals surface area contributed by atoms with Crippen LogP contribution in [0, 0.1) is 0 Å². The zero-order valence-corrected chi connectivity index (χ0v) is 11.3. The van der Waals surface area contributed by atoms with Gasteiger partial charge in [-0.3, -0.25) is 9.63 Å². The lowest BCUT2D eigenvalue weighted by Gasteiger charge is -2.06. The number of aromatic nitrogens is 1. The van der Waals surface area contributed by atoms with Crippen molar-refractivity contribution in [1.29, 1.82) is 0 Å². The summed E-state index contributed by atoms with van der Waals surface area (Å²) in [4.78, 5) is 20.7. The van der Waals surface area contributed by atoms with Crippen molar-refractivity contribution in [2.24, 2.45) is 0 Å². The van der Waals surface area contributed by atoms with Crippen molar-refractivity contribution in [3.05, 3.63) is 63.9 Å². The number of benzene rings is 1. The molecule has 19 heavy (non-hydrogen) atoms. The topological polar surface area (TPSA) is 51.2 Å². The van der Waals surface area contributed by atoms with Crippen molar-refractivity contribution in [2.45, 2.75) is 6.61 Å². The summed E-state index contributed by atoms with van der Waals surface area (Å²) < 4.78 is 0. The number of nitrogens with one attached hydrogen (secondary N) is 1. The maximum absolute atomic E-state index is 11.8. The second-order valence-electron chi connectivity index (χ2n) is 3.67. The lowest BCUT2D eigenvalue weighted by Crippen LogP contribution is -2.24. The van der Waals surface area contributed by atoms with Crippen LogP contribution < -0.4 is 5.48 Å². The van der Waals surface area contributed by atoms with Crippen molar-refractivity contribution in [3.63, 3.8) is 0 Å². The molecule has 0 aliphatic heterocycles. The maximum atomic E-state index is 11.8. The molecule has 98 valence electrons. The molecular formula is C13H10Cl2N2O2. The number of halogens is 2. The number of nitrogens with zero attached hydrogens (tertiary/aromatic N) is 1. The van der Waals surface area contributed by atoms with Gasteiger partial charge in [-0.1, -0.05) is 53.5 Å². The molecule has 1 N–H and O–H groups in total. The molecular weight excluding hydrogens is 287 g/mol. The van der Waals surface area contributed by atoms with E-state index in [1.807, 2.05) is 30.3 Å². The largest absolute Gasteiger partial charge is 0.295 e. The maximum Gasteiger partial charge on any atom is 0.295 e. The molecule has 6 heteroatoms. The molecule has 0 aliphatic rings. The first-order valence-corrected chi connectivity index (χ1v) is 6.20. The summed E-state index contributed by atoms with van der Waals surface area (Å²) >= 11 is 11.5. The van der Waals surface area contributed by atoms with Gasteiger partial charge in [0.25, 0.3) is 5.91 Å². The standard InChI is InChI=1S/C13H10Cl2N2O2/c14-10-6-7-11(15)16-12(10)13(18)17-19-8-9-4-2-1-3-5-9/h1-7H,8H2,(H,17,18). The third-order valence-corrected chi connectivity index (χ3v) is 2.79. The monoisotopic (exact) mass is 296 g/mol. The second kappa shape index (κ2) is 6.52. The molecule has 1 amide bonds. The van der Waals surface area contributed by atoms with Crippen LogP contribution in [0.5, 0.6) is 0 Å². The van der Waals surface area contributed by atoms with Gasteiger partial charge in [0, 0.05) is 0 Å². The van der Waals surface area contributed by atoms with Gasteiger partial charge < -0.3 is 0 Å². The van der Waals surface area contributed by atoms with Gasteiger partial charge in [-0.15, -0.1) is 0 Å². The molecule has 0 atom stereocenters. The first-order chi connectivity index (χ1) is 9.16. The zero-order chi connectivity index (χ0) is 13.7. The third kappa shape index (κ3) is 3.92. The molecule has 2 aromatic rings. The van der Waals surface area contributed by atoms with E-state index in [0.717, 1.165) is 5.56 Å². The molecule has 0 bridgehead atoms. The fourth-order valence-electron chi connectivity index (χ4n) is 1.39. The van der Waals surface area contributed by atoms with Gasteiger partial charge in [-0.05, 0) is 17.7 Å². The molecule has 0 aliphatic carbocycles. The average molecular weight is 297 g/mol. The summed E-state index contributed by atoms with van der Waals surface area (Å²) in [6.07, 6.45) is 0. The van der Waals surface area contributed by atoms with Gasteiger partial charge >= 0.3 is 0 Å². The molecule has 0 saturated carbocycles. The van der Waals surface area contributed by atoms with Crippen LogP contribution in [-0.4, -0.2) is 10.9 Å². The van der Waals surface area contributed by atoms with Crippen molar-refractivity contribution < 1.29 is 9.63 Å². The van der Waals surface area contributed by atoms with E-state index in [2.05, 4.69) is 10.5 Å². The highest BCUT2D eigenvalue weighted by Crippen LogP contribution is 2.16. The molecule has 0 saturated heterocycles. The van der Waals surface area contributed by atoms with Crippen molar-refractivity contribution >= 4 is 29.1 Å². The van der Waals surface area contributed by atoms with E-state index in [0.29, 0.717) is 0 Å². The van der Waals surface area contributed by atoms with E-state index < -0.39 is 5.91 Å². The Morgan fingerprint density at radius 1 is 1.16 bits per heavy atom. The predicted octanol–water partition coefficient (Wildman–Crippen LogP) is 3.25. The summed E-state index contributed by atoms with van der Waals surface area (Å²) in [5.74, 6) is -0.538. The van der Waals surface area contributed by atoms with Crippen LogP contribution >= 0.6 is 23.2 Å². The van der Waals surface area contributed by atoms with Gasteiger partial charge in [0.2, 0.25) is 0 Å². The van der Waals surface area contributed by atoms with E-state index in [9.17, 15) is 4.79 Å². The number of hydrogen-bond donors (Lipinski definition) is 1. The highest BCUT2D eigenvalue weighted by molar-refractivity contribution is 6.34. The van der Waals surface area contributed by atoms with Crippen molar-refractivity contribution in [3.8, 4) is 0 Å².